The molecule has 0 aliphatic heterocycles. The molecule has 38 heavy (non-hydrogen) atoms. The Bertz CT molecular complexity index is 1770. The number of H-pyrrole nitrogens is 2. The smallest absolute Gasteiger partial charge is 0.161 e. The lowest BCUT2D eigenvalue weighted by atomic mass is 10.1. The Kier molecular flexibility index (Phi) is 6.09. The largest absolute Gasteiger partial charge is 0.374 e. The highest BCUT2D eigenvalue weighted by Gasteiger charge is 2.22. The van der Waals surface area contributed by atoms with Gasteiger partial charge >= 0.3 is 0 Å². The fraction of sp³-hybridized carbons (Fsp3) is 0.222. The van der Waals surface area contributed by atoms with Crippen molar-refractivity contribution in [2.75, 3.05) is 5.32 Å². The zero-order valence-corrected chi connectivity index (χ0v) is 21.8. The Balaban J connectivity index is 1.41. The van der Waals surface area contributed by atoms with E-state index in [9.17, 15) is 5.11 Å². The maximum Gasteiger partial charge on any atom is 0.161 e. The number of imidazole rings is 1. The van der Waals surface area contributed by atoms with Crippen LogP contribution in [0, 0.1) is 18.7 Å². The summed E-state index contributed by atoms with van der Waals surface area (Å²) in [5.74, 6) is 0.199. The molecule has 1 unspecified atom stereocenters. The Labute approximate surface area is 221 Å². The summed E-state index contributed by atoms with van der Waals surface area (Å²) >= 11 is 1.64. The van der Waals surface area contributed by atoms with Crippen LogP contribution in [0.15, 0.2) is 49.1 Å². The van der Waals surface area contributed by atoms with Crippen LogP contribution in [0.2, 0.25) is 0 Å². The number of nitrogens with one attached hydrogen (secondary N) is 3. The SMILES string of the molecule is Cc1ccc(-c2nccc3[nH]c(-c4n[nH]c5cnc(-c6cncc(NC(O)CC(C)C)c6)c(F)c45)nc23)s1. The van der Waals surface area contributed by atoms with Crippen LogP contribution in [0.25, 0.3) is 55.3 Å². The number of fused-ring (bicyclic) bond motifs is 2. The van der Waals surface area contributed by atoms with Crippen molar-refractivity contribution >= 4 is 39.0 Å². The highest BCUT2D eigenvalue weighted by molar-refractivity contribution is 7.15. The van der Waals surface area contributed by atoms with Crippen LogP contribution in [0.4, 0.5) is 10.1 Å². The zero-order valence-electron chi connectivity index (χ0n) is 21.0. The molecule has 1 atom stereocenters. The molecule has 0 saturated heterocycles. The van der Waals surface area contributed by atoms with Gasteiger partial charge in [-0.1, -0.05) is 13.8 Å². The van der Waals surface area contributed by atoms with Crippen LogP contribution >= 0.6 is 11.3 Å². The lowest BCUT2D eigenvalue weighted by molar-refractivity contribution is 0.176. The quantitative estimate of drug-likeness (QED) is 0.190. The van der Waals surface area contributed by atoms with Gasteiger partial charge in [-0.2, -0.15) is 5.10 Å². The second-order valence-corrected chi connectivity index (χ2v) is 10.9. The number of hydrogen-bond donors (Lipinski definition) is 4. The van der Waals surface area contributed by atoms with Crippen LogP contribution in [0.5, 0.6) is 0 Å². The standard InChI is InChI=1S/C27H25FN8OS/c1-13(2)8-20(37)32-16-9-15(10-29-11-16)23-22(28)21-18(12-31-23)35-36-26(21)27-33-17-6-7-30-25(24(17)34-27)19-5-4-14(3)38-19/h4-7,9-13,20,32,37H,8H2,1-3H3,(H,33,34)(H,35,36). The normalized spacial score (nSPS) is 12.6. The number of thiophene rings is 1. The van der Waals surface area contributed by atoms with Crippen molar-refractivity contribution in [1.29, 1.82) is 0 Å². The van der Waals surface area contributed by atoms with Gasteiger partial charge in [0, 0.05) is 22.8 Å². The van der Waals surface area contributed by atoms with Crippen LogP contribution in [-0.4, -0.2) is 46.5 Å². The van der Waals surface area contributed by atoms with Crippen LogP contribution in [0.3, 0.4) is 0 Å². The van der Waals surface area contributed by atoms with E-state index in [1.165, 1.54) is 4.88 Å². The number of aliphatic hydroxyl groups excluding tert-OH is 1. The molecular weight excluding hydrogens is 503 g/mol. The average molecular weight is 529 g/mol. The maximum atomic E-state index is 16.0. The third kappa shape index (κ3) is 4.39. The molecule has 0 bridgehead atoms. The third-order valence-electron chi connectivity index (χ3n) is 6.18. The lowest BCUT2D eigenvalue weighted by Gasteiger charge is -2.16. The second kappa shape index (κ2) is 9.58. The molecule has 9 nitrogen and oxygen atoms in total. The summed E-state index contributed by atoms with van der Waals surface area (Å²) in [5, 5.41) is 20.8. The molecule has 0 aliphatic rings. The Morgan fingerprint density at radius 2 is 1.92 bits per heavy atom. The molecule has 0 radical (unpaired) electrons. The first-order chi connectivity index (χ1) is 18.4. The van der Waals surface area contributed by atoms with Crippen molar-refractivity contribution in [3.63, 3.8) is 0 Å². The summed E-state index contributed by atoms with van der Waals surface area (Å²) in [6.45, 7) is 6.10. The van der Waals surface area contributed by atoms with Crippen molar-refractivity contribution in [3.05, 3.63) is 59.7 Å². The van der Waals surface area contributed by atoms with Gasteiger partial charge in [0.1, 0.15) is 28.8 Å². The van der Waals surface area contributed by atoms with Gasteiger partial charge in [-0.25, -0.2) is 9.37 Å². The molecule has 6 rings (SSSR count). The fourth-order valence-electron chi connectivity index (χ4n) is 4.48. The molecule has 0 fully saturated rings. The van der Waals surface area contributed by atoms with E-state index in [2.05, 4.69) is 35.5 Å². The Morgan fingerprint density at radius 3 is 2.71 bits per heavy atom. The van der Waals surface area contributed by atoms with E-state index in [1.54, 1.807) is 42.2 Å². The highest BCUT2D eigenvalue weighted by atomic mass is 32.1. The number of rotatable bonds is 7. The van der Waals surface area contributed by atoms with Gasteiger partial charge in [-0.3, -0.25) is 20.1 Å². The first kappa shape index (κ1) is 24.1. The minimum atomic E-state index is -0.738. The van der Waals surface area contributed by atoms with E-state index >= 15 is 4.39 Å². The summed E-state index contributed by atoms with van der Waals surface area (Å²) in [5.41, 5.74) is 4.21. The molecule has 0 aromatic carbocycles. The average Bonchev–Trinajstić information content (AvgIpc) is 3.61. The molecular formula is C27H25FN8OS. The predicted octanol–water partition coefficient (Wildman–Crippen LogP) is 5.91. The second-order valence-electron chi connectivity index (χ2n) is 9.59. The van der Waals surface area contributed by atoms with Crippen molar-refractivity contribution in [3.8, 4) is 33.3 Å². The number of halogens is 1. The fourth-order valence-corrected chi connectivity index (χ4v) is 5.35. The van der Waals surface area contributed by atoms with E-state index in [1.807, 2.05) is 39.0 Å². The predicted molar refractivity (Wildman–Crippen MR) is 147 cm³/mol. The van der Waals surface area contributed by atoms with Gasteiger partial charge in [0.2, 0.25) is 0 Å². The van der Waals surface area contributed by atoms with Crippen molar-refractivity contribution < 1.29 is 9.50 Å². The molecule has 192 valence electrons. The summed E-state index contributed by atoms with van der Waals surface area (Å²) in [4.78, 5) is 23.3. The Morgan fingerprint density at radius 1 is 1.05 bits per heavy atom. The van der Waals surface area contributed by atoms with E-state index in [4.69, 9.17) is 4.98 Å². The number of nitrogens with zero attached hydrogens (tertiary/aromatic N) is 5. The molecule has 0 spiro atoms. The van der Waals surface area contributed by atoms with E-state index in [0.29, 0.717) is 46.1 Å². The third-order valence-corrected chi connectivity index (χ3v) is 7.19. The minimum Gasteiger partial charge on any atom is -0.374 e. The number of pyridine rings is 3. The number of aromatic nitrogens is 7. The van der Waals surface area contributed by atoms with Gasteiger partial charge < -0.3 is 15.4 Å². The number of aliphatic hydroxyl groups is 1. The summed E-state index contributed by atoms with van der Waals surface area (Å²) in [7, 11) is 0. The van der Waals surface area contributed by atoms with E-state index in [0.717, 1.165) is 16.1 Å². The van der Waals surface area contributed by atoms with Gasteiger partial charge in [0.05, 0.1) is 39.4 Å². The molecule has 6 aromatic heterocycles. The van der Waals surface area contributed by atoms with Gasteiger partial charge in [-0.15, -0.1) is 11.3 Å². The van der Waals surface area contributed by atoms with Gasteiger partial charge in [0.25, 0.3) is 0 Å². The number of aromatic amines is 2. The molecule has 6 aromatic rings. The lowest BCUT2D eigenvalue weighted by Crippen LogP contribution is -2.20. The molecule has 11 heteroatoms. The number of aryl methyl sites for hydroxylation is 1. The first-order valence-electron chi connectivity index (χ1n) is 12.2. The summed E-state index contributed by atoms with van der Waals surface area (Å²) in [6.07, 6.45) is 6.23. The highest BCUT2D eigenvalue weighted by Crippen LogP contribution is 2.35. The zero-order chi connectivity index (χ0) is 26.4. The Hall–Kier alpha value is -4.22. The van der Waals surface area contributed by atoms with Crippen molar-refractivity contribution in [2.45, 2.75) is 33.4 Å². The van der Waals surface area contributed by atoms with E-state index < -0.39 is 12.0 Å². The first-order valence-corrected chi connectivity index (χ1v) is 13.0. The number of anilines is 1. The number of hydrogen-bond acceptors (Lipinski definition) is 8. The topological polar surface area (TPSA) is 128 Å². The summed E-state index contributed by atoms with van der Waals surface area (Å²) in [6, 6.07) is 7.63. The molecule has 0 saturated carbocycles. The van der Waals surface area contributed by atoms with Crippen LogP contribution in [-0.2, 0) is 0 Å². The molecule has 0 amide bonds. The van der Waals surface area contributed by atoms with Crippen molar-refractivity contribution in [1.82, 2.24) is 35.1 Å². The van der Waals surface area contributed by atoms with Gasteiger partial charge in [-0.05, 0) is 43.5 Å². The van der Waals surface area contributed by atoms with E-state index in [-0.39, 0.29) is 11.1 Å². The van der Waals surface area contributed by atoms with Crippen LogP contribution in [0.1, 0.15) is 25.1 Å². The maximum absolute atomic E-state index is 16.0. The molecule has 0 aliphatic carbocycles. The van der Waals surface area contributed by atoms with Gasteiger partial charge in [0.15, 0.2) is 11.6 Å². The monoisotopic (exact) mass is 528 g/mol. The molecule has 6 heterocycles. The molecule has 4 N–H and O–H groups in total. The van der Waals surface area contributed by atoms with Crippen molar-refractivity contribution in [2.24, 2.45) is 5.92 Å². The minimum absolute atomic E-state index is 0.127. The summed E-state index contributed by atoms with van der Waals surface area (Å²) < 4.78 is 16.0. The van der Waals surface area contributed by atoms with Crippen LogP contribution < -0.4 is 5.32 Å².